The third kappa shape index (κ3) is 6.06. The molecule has 220 valence electrons. The number of nitrogens with one attached hydrogen (secondary N) is 1. The number of aryl methyl sites for hydroxylation is 1. The van der Waals surface area contributed by atoms with Crippen LogP contribution in [0.15, 0.2) is 73.3 Å². The van der Waals surface area contributed by atoms with Crippen molar-refractivity contribution in [3.05, 3.63) is 95.6 Å². The molecule has 0 radical (unpaired) electrons. The van der Waals surface area contributed by atoms with Crippen molar-refractivity contribution in [2.24, 2.45) is 0 Å². The molecule has 43 heavy (non-hydrogen) atoms. The zero-order chi connectivity index (χ0) is 30.1. The Kier molecular flexibility index (Phi) is 7.55. The van der Waals surface area contributed by atoms with Crippen LogP contribution in [0.1, 0.15) is 27.0 Å². The van der Waals surface area contributed by atoms with Gasteiger partial charge in [0.25, 0.3) is 5.91 Å². The van der Waals surface area contributed by atoms with Crippen LogP contribution in [0, 0.1) is 6.92 Å². The quantitative estimate of drug-likeness (QED) is 0.271. The van der Waals surface area contributed by atoms with Crippen molar-refractivity contribution in [2.75, 3.05) is 37.4 Å². The molecule has 0 aliphatic carbocycles. The molecule has 0 unspecified atom stereocenters. The van der Waals surface area contributed by atoms with Crippen LogP contribution in [0.25, 0.3) is 28.0 Å². The van der Waals surface area contributed by atoms with E-state index >= 15 is 0 Å². The number of nitrogens with two attached hydrogens (primary N) is 1. The van der Waals surface area contributed by atoms with Gasteiger partial charge in [0.15, 0.2) is 0 Å². The second kappa shape index (κ2) is 11.5. The Hall–Kier alpha value is -4.81. The van der Waals surface area contributed by atoms with Crippen LogP contribution < -0.4 is 11.1 Å². The zero-order valence-electron chi connectivity index (χ0n) is 23.2. The van der Waals surface area contributed by atoms with Gasteiger partial charge in [0, 0.05) is 60.3 Å². The van der Waals surface area contributed by atoms with Crippen LogP contribution >= 0.6 is 0 Å². The summed E-state index contributed by atoms with van der Waals surface area (Å²) in [5.74, 6) is 0.304. The number of alkyl halides is 3. The average Bonchev–Trinajstić information content (AvgIpc) is 3.42. The summed E-state index contributed by atoms with van der Waals surface area (Å²) in [4.78, 5) is 27.9. The summed E-state index contributed by atoms with van der Waals surface area (Å²) in [6.07, 6.45) is 0.398. The Bertz CT molecular complexity index is 1810. The van der Waals surface area contributed by atoms with Crippen molar-refractivity contribution in [3.8, 4) is 17.1 Å². The molecule has 2 aromatic carbocycles. The van der Waals surface area contributed by atoms with Crippen LogP contribution in [-0.2, 0) is 17.5 Å². The van der Waals surface area contributed by atoms with Crippen molar-refractivity contribution >= 4 is 28.3 Å². The number of aromatic nitrogens is 4. The van der Waals surface area contributed by atoms with E-state index in [1.807, 2.05) is 40.8 Å². The van der Waals surface area contributed by atoms with Crippen molar-refractivity contribution in [1.82, 2.24) is 24.4 Å². The van der Waals surface area contributed by atoms with Crippen LogP contribution in [0.4, 0.5) is 24.7 Å². The lowest BCUT2D eigenvalue weighted by molar-refractivity contribution is -0.138. The van der Waals surface area contributed by atoms with E-state index in [0.717, 1.165) is 28.1 Å². The molecular weight excluding hydrogens is 559 g/mol. The minimum atomic E-state index is -4.60. The first-order chi connectivity index (χ1) is 20.7. The Morgan fingerprint density at radius 2 is 1.84 bits per heavy atom. The molecule has 1 amide bonds. The SMILES string of the molecule is Cc1ccc(NC(=O)c2ccc(CN3CCOCC3)c(C(F)(F)F)c2)cc1-c1cc2c(ccn2-c2cc(N)ncn2)cn1. The van der Waals surface area contributed by atoms with Gasteiger partial charge in [-0.15, -0.1) is 0 Å². The average molecular weight is 588 g/mol. The van der Waals surface area contributed by atoms with E-state index in [0.29, 0.717) is 49.3 Å². The standard InChI is InChI=1S/C31H28F3N7O2/c1-19-2-5-23(13-24(19)26-14-27-21(16-36-26)6-7-41(27)29-15-28(35)37-18-38-29)39-30(42)20-3-4-22(25(12-20)31(32,33)34)17-40-8-10-43-11-9-40/h2-7,12-16,18H,8-11,17H2,1H3,(H,39,42)(H2,35,37,38). The molecule has 0 saturated carbocycles. The highest BCUT2D eigenvalue weighted by molar-refractivity contribution is 6.04. The molecule has 1 aliphatic rings. The first-order valence-corrected chi connectivity index (χ1v) is 13.6. The summed E-state index contributed by atoms with van der Waals surface area (Å²) >= 11 is 0. The van der Waals surface area contributed by atoms with Gasteiger partial charge in [-0.2, -0.15) is 13.2 Å². The molecule has 3 aromatic heterocycles. The van der Waals surface area contributed by atoms with Gasteiger partial charge in [-0.25, -0.2) is 9.97 Å². The van der Waals surface area contributed by atoms with E-state index in [1.165, 1.54) is 18.5 Å². The lowest BCUT2D eigenvalue weighted by atomic mass is 10.0. The van der Waals surface area contributed by atoms with Crippen molar-refractivity contribution < 1.29 is 22.7 Å². The first kappa shape index (κ1) is 28.3. The van der Waals surface area contributed by atoms with Gasteiger partial charge >= 0.3 is 6.18 Å². The molecule has 9 nitrogen and oxygen atoms in total. The number of nitrogens with zero attached hydrogens (tertiary/aromatic N) is 5. The number of benzene rings is 2. The molecule has 12 heteroatoms. The summed E-state index contributed by atoms with van der Waals surface area (Å²) in [6.45, 7) is 4.12. The van der Waals surface area contributed by atoms with Crippen LogP contribution in [0.3, 0.4) is 0 Å². The largest absolute Gasteiger partial charge is 0.416 e. The molecule has 0 atom stereocenters. The fourth-order valence-corrected chi connectivity index (χ4v) is 5.17. The third-order valence-electron chi connectivity index (χ3n) is 7.44. The Morgan fingerprint density at radius 3 is 2.60 bits per heavy atom. The number of anilines is 2. The van der Waals surface area contributed by atoms with Crippen LogP contribution in [0.2, 0.25) is 0 Å². The lowest BCUT2D eigenvalue weighted by Gasteiger charge is -2.27. The highest BCUT2D eigenvalue weighted by Gasteiger charge is 2.34. The van der Waals surface area contributed by atoms with E-state index in [9.17, 15) is 18.0 Å². The second-order valence-electron chi connectivity index (χ2n) is 10.4. The zero-order valence-corrected chi connectivity index (χ0v) is 23.2. The van der Waals surface area contributed by atoms with E-state index in [2.05, 4.69) is 20.3 Å². The minimum Gasteiger partial charge on any atom is -0.384 e. The fourth-order valence-electron chi connectivity index (χ4n) is 5.17. The van der Waals surface area contributed by atoms with E-state index in [-0.39, 0.29) is 17.7 Å². The fraction of sp³-hybridized carbons (Fsp3) is 0.226. The smallest absolute Gasteiger partial charge is 0.384 e. The summed E-state index contributed by atoms with van der Waals surface area (Å²) in [5, 5.41) is 3.64. The van der Waals surface area contributed by atoms with Gasteiger partial charge in [0.05, 0.1) is 30.0 Å². The van der Waals surface area contributed by atoms with E-state index in [4.69, 9.17) is 10.5 Å². The highest BCUT2D eigenvalue weighted by atomic mass is 19.4. The molecule has 1 saturated heterocycles. The molecule has 1 fully saturated rings. The van der Waals surface area contributed by atoms with Gasteiger partial charge in [0.2, 0.25) is 0 Å². The predicted molar refractivity (Wildman–Crippen MR) is 157 cm³/mol. The number of pyridine rings is 1. The topological polar surface area (TPSA) is 111 Å². The van der Waals surface area contributed by atoms with Crippen molar-refractivity contribution in [2.45, 2.75) is 19.6 Å². The summed E-state index contributed by atoms with van der Waals surface area (Å²) in [6, 6.07) is 14.5. The summed E-state index contributed by atoms with van der Waals surface area (Å²) in [5.41, 5.74) is 8.65. The number of morpholine rings is 1. The molecule has 6 rings (SSSR count). The third-order valence-corrected chi connectivity index (χ3v) is 7.44. The van der Waals surface area contributed by atoms with Crippen LogP contribution in [0.5, 0.6) is 0 Å². The number of halogens is 3. The molecule has 0 spiro atoms. The van der Waals surface area contributed by atoms with Gasteiger partial charge in [-0.05, 0) is 54.4 Å². The van der Waals surface area contributed by atoms with Gasteiger partial charge < -0.3 is 20.4 Å². The molecule has 3 N–H and O–H groups in total. The van der Waals surface area contributed by atoms with Crippen LogP contribution in [-0.4, -0.2) is 56.6 Å². The minimum absolute atomic E-state index is 0.0818. The van der Waals surface area contributed by atoms with Gasteiger partial charge in [-0.3, -0.25) is 14.7 Å². The number of hydrogen-bond acceptors (Lipinski definition) is 7. The summed E-state index contributed by atoms with van der Waals surface area (Å²) in [7, 11) is 0. The maximum absolute atomic E-state index is 14.0. The highest BCUT2D eigenvalue weighted by Crippen LogP contribution is 2.34. The number of carbonyl (C=O) groups excluding carboxylic acids is 1. The first-order valence-electron chi connectivity index (χ1n) is 13.6. The Morgan fingerprint density at radius 1 is 1.02 bits per heavy atom. The predicted octanol–water partition coefficient (Wildman–Crippen LogP) is 5.48. The molecular formula is C31H28F3N7O2. The maximum Gasteiger partial charge on any atom is 0.416 e. The number of hydrogen-bond donors (Lipinski definition) is 2. The normalized spacial score (nSPS) is 14.2. The number of ether oxygens (including phenoxy) is 1. The lowest BCUT2D eigenvalue weighted by Crippen LogP contribution is -2.36. The number of carbonyl (C=O) groups is 1. The van der Waals surface area contributed by atoms with Gasteiger partial charge in [-0.1, -0.05) is 12.1 Å². The van der Waals surface area contributed by atoms with Crippen molar-refractivity contribution in [3.63, 3.8) is 0 Å². The second-order valence-corrected chi connectivity index (χ2v) is 10.4. The molecule has 5 aromatic rings. The summed E-state index contributed by atoms with van der Waals surface area (Å²) < 4.78 is 49.2. The Labute approximate surface area is 245 Å². The van der Waals surface area contributed by atoms with E-state index < -0.39 is 17.6 Å². The van der Waals surface area contributed by atoms with Crippen molar-refractivity contribution in [1.29, 1.82) is 0 Å². The van der Waals surface area contributed by atoms with E-state index in [1.54, 1.807) is 24.4 Å². The number of nitrogen functional groups attached to an aromatic ring is 1. The Balaban J connectivity index is 1.27. The number of amides is 1. The molecule has 0 bridgehead atoms. The monoisotopic (exact) mass is 587 g/mol. The number of rotatable bonds is 6. The van der Waals surface area contributed by atoms with Gasteiger partial charge in [0.1, 0.15) is 18.0 Å². The number of fused-ring (bicyclic) bond motifs is 1. The maximum atomic E-state index is 14.0. The molecule has 1 aliphatic heterocycles. The molecule has 4 heterocycles.